The van der Waals surface area contributed by atoms with Gasteiger partial charge in [0, 0.05) is 36.9 Å². The number of anilines is 1. The minimum absolute atomic E-state index is 0.151. The number of aliphatic imine (C=N–C) groups is 1. The number of piperazine rings is 1. The molecule has 0 bridgehead atoms. The van der Waals surface area contributed by atoms with Gasteiger partial charge in [0.15, 0.2) is 5.96 Å². The Morgan fingerprint density at radius 3 is 2.36 bits per heavy atom. The fraction of sp³-hybridized carbons (Fsp3) is 0.467. The van der Waals surface area contributed by atoms with Crippen LogP contribution in [0.4, 0.5) is 18.9 Å². The first kappa shape index (κ1) is 19.2. The first-order chi connectivity index (χ1) is 11.7. The fourth-order valence-corrected chi connectivity index (χ4v) is 2.48. The number of hydrogen-bond acceptors (Lipinski definition) is 3. The first-order valence-corrected chi connectivity index (χ1v) is 8.01. The number of hydrogen-bond donors (Lipinski definition) is 2. The van der Waals surface area contributed by atoms with Gasteiger partial charge in [-0.1, -0.05) is 11.6 Å². The molecule has 1 aromatic carbocycles. The van der Waals surface area contributed by atoms with Crippen LogP contribution in [0.2, 0.25) is 5.02 Å². The molecular weight excluding hydrogens is 359 g/mol. The number of nitrogens with one attached hydrogen (secondary N) is 1. The van der Waals surface area contributed by atoms with Crippen molar-refractivity contribution < 1.29 is 18.0 Å². The number of benzene rings is 1. The van der Waals surface area contributed by atoms with Crippen molar-refractivity contribution in [1.82, 2.24) is 10.2 Å². The van der Waals surface area contributed by atoms with E-state index >= 15 is 0 Å². The predicted octanol–water partition coefficient (Wildman–Crippen LogP) is 1.46. The van der Waals surface area contributed by atoms with E-state index in [1.807, 2.05) is 24.3 Å². The first-order valence-electron chi connectivity index (χ1n) is 7.63. The summed E-state index contributed by atoms with van der Waals surface area (Å²) in [6.45, 7) is 0.806. The molecule has 1 heterocycles. The number of carbonyl (C=O) groups is 1. The van der Waals surface area contributed by atoms with Gasteiger partial charge < -0.3 is 20.9 Å². The summed E-state index contributed by atoms with van der Waals surface area (Å²) in [4.78, 5) is 19.2. The van der Waals surface area contributed by atoms with Crippen molar-refractivity contribution in [2.75, 3.05) is 44.2 Å². The van der Waals surface area contributed by atoms with Gasteiger partial charge in [-0.15, -0.1) is 0 Å². The van der Waals surface area contributed by atoms with Crippen LogP contribution >= 0.6 is 11.6 Å². The number of carbonyl (C=O) groups excluding carboxylic acids is 1. The van der Waals surface area contributed by atoms with Crippen LogP contribution in [0.25, 0.3) is 0 Å². The normalized spacial score (nSPS) is 16.1. The lowest BCUT2D eigenvalue weighted by atomic mass is 10.2. The van der Waals surface area contributed by atoms with Gasteiger partial charge in [-0.2, -0.15) is 13.2 Å². The minimum atomic E-state index is -4.44. The van der Waals surface area contributed by atoms with Crippen LogP contribution in [-0.2, 0) is 4.79 Å². The van der Waals surface area contributed by atoms with Gasteiger partial charge in [-0.25, -0.2) is 4.99 Å². The Hall–Kier alpha value is -2.16. The Morgan fingerprint density at radius 1 is 1.20 bits per heavy atom. The highest BCUT2D eigenvalue weighted by Gasteiger charge is 2.27. The lowest BCUT2D eigenvalue weighted by molar-refractivity contribution is -0.137. The highest BCUT2D eigenvalue weighted by Crippen LogP contribution is 2.19. The molecule has 6 nitrogen and oxygen atoms in total. The predicted molar refractivity (Wildman–Crippen MR) is 90.8 cm³/mol. The molecule has 0 saturated carbocycles. The molecule has 2 rings (SSSR count). The van der Waals surface area contributed by atoms with Gasteiger partial charge in [-0.3, -0.25) is 4.79 Å². The van der Waals surface area contributed by atoms with Crippen LogP contribution in [0.3, 0.4) is 0 Å². The molecule has 0 spiro atoms. The molecule has 1 fully saturated rings. The van der Waals surface area contributed by atoms with Crippen LogP contribution in [0.1, 0.15) is 0 Å². The van der Waals surface area contributed by atoms with Crippen molar-refractivity contribution >= 4 is 29.2 Å². The van der Waals surface area contributed by atoms with Crippen LogP contribution in [-0.4, -0.2) is 62.2 Å². The molecule has 10 heteroatoms. The van der Waals surface area contributed by atoms with Crippen molar-refractivity contribution in [3.63, 3.8) is 0 Å². The van der Waals surface area contributed by atoms with E-state index in [1.54, 1.807) is 10.2 Å². The quantitative estimate of drug-likeness (QED) is 0.615. The summed E-state index contributed by atoms with van der Waals surface area (Å²) in [5, 5.41) is 2.42. The van der Waals surface area contributed by atoms with Crippen molar-refractivity contribution in [3.8, 4) is 0 Å². The van der Waals surface area contributed by atoms with Crippen LogP contribution in [0.5, 0.6) is 0 Å². The highest BCUT2D eigenvalue weighted by molar-refractivity contribution is 6.30. The summed E-state index contributed by atoms with van der Waals surface area (Å²) in [5.41, 5.74) is 6.87. The second kappa shape index (κ2) is 8.28. The number of halogens is 4. The monoisotopic (exact) mass is 377 g/mol. The lowest BCUT2D eigenvalue weighted by Crippen LogP contribution is -2.51. The van der Waals surface area contributed by atoms with Crippen molar-refractivity contribution in [2.45, 2.75) is 6.18 Å². The number of guanidine groups is 1. The molecule has 1 saturated heterocycles. The number of nitrogens with zero attached hydrogens (tertiary/aromatic N) is 3. The van der Waals surface area contributed by atoms with E-state index in [2.05, 4.69) is 9.89 Å². The zero-order valence-corrected chi connectivity index (χ0v) is 14.1. The van der Waals surface area contributed by atoms with Gasteiger partial charge in [0.05, 0.1) is 0 Å². The number of amides is 1. The largest absolute Gasteiger partial charge is 0.405 e. The van der Waals surface area contributed by atoms with Gasteiger partial charge >= 0.3 is 6.18 Å². The number of rotatable bonds is 4. The summed E-state index contributed by atoms with van der Waals surface area (Å²) >= 11 is 5.87. The van der Waals surface area contributed by atoms with Crippen molar-refractivity contribution in [2.24, 2.45) is 10.7 Å². The Kier molecular flexibility index (Phi) is 6.35. The Balaban J connectivity index is 1.79. The van der Waals surface area contributed by atoms with E-state index in [9.17, 15) is 18.0 Å². The van der Waals surface area contributed by atoms with Gasteiger partial charge in [0.2, 0.25) is 5.91 Å². The zero-order chi connectivity index (χ0) is 18.4. The minimum Gasteiger partial charge on any atom is -0.370 e. The van der Waals surface area contributed by atoms with Crippen LogP contribution in [0, 0.1) is 0 Å². The third-order valence-corrected chi connectivity index (χ3v) is 3.92. The zero-order valence-electron chi connectivity index (χ0n) is 13.4. The van der Waals surface area contributed by atoms with Crippen LogP contribution in [0.15, 0.2) is 29.3 Å². The maximum Gasteiger partial charge on any atom is 0.405 e. The number of nitrogens with two attached hydrogens (primary N) is 1. The molecule has 1 amide bonds. The summed E-state index contributed by atoms with van der Waals surface area (Å²) < 4.78 is 36.0. The second-order valence-electron chi connectivity index (χ2n) is 5.52. The van der Waals surface area contributed by atoms with E-state index in [0.29, 0.717) is 31.2 Å². The molecule has 0 radical (unpaired) electrons. The van der Waals surface area contributed by atoms with E-state index < -0.39 is 25.2 Å². The summed E-state index contributed by atoms with van der Waals surface area (Å²) in [6, 6.07) is 7.50. The lowest BCUT2D eigenvalue weighted by Gasteiger charge is -2.36. The third-order valence-electron chi connectivity index (χ3n) is 3.67. The molecule has 1 aliphatic rings. The summed E-state index contributed by atoms with van der Waals surface area (Å²) in [6.07, 6.45) is -4.44. The molecule has 25 heavy (non-hydrogen) atoms. The maximum absolute atomic E-state index is 12.0. The van der Waals surface area contributed by atoms with E-state index in [4.69, 9.17) is 17.3 Å². The smallest absolute Gasteiger partial charge is 0.370 e. The van der Waals surface area contributed by atoms with E-state index in [1.165, 1.54) is 0 Å². The average molecular weight is 378 g/mol. The molecule has 0 atom stereocenters. The standard InChI is InChI=1S/C15H19ClF3N5O/c16-11-1-3-12(4-2-11)23-5-7-24(8-6-23)14(20)21-9-13(25)22-10-15(17,18)19/h1-4H,5-10H2,(H2,20,21)(H,22,25). The van der Waals surface area contributed by atoms with Gasteiger partial charge in [-0.05, 0) is 24.3 Å². The average Bonchev–Trinajstić information content (AvgIpc) is 2.58. The van der Waals surface area contributed by atoms with Crippen molar-refractivity contribution in [1.29, 1.82) is 0 Å². The summed E-state index contributed by atoms with van der Waals surface area (Å²) in [5.74, 6) is -0.669. The molecule has 0 unspecified atom stereocenters. The SMILES string of the molecule is NC(=NCC(=O)NCC(F)(F)F)N1CCN(c2ccc(Cl)cc2)CC1. The number of alkyl halides is 3. The van der Waals surface area contributed by atoms with Gasteiger partial charge in [0.1, 0.15) is 13.1 Å². The Labute approximate surface area is 148 Å². The highest BCUT2D eigenvalue weighted by atomic mass is 35.5. The Bertz CT molecular complexity index is 613. The maximum atomic E-state index is 12.0. The molecule has 1 aromatic rings. The molecule has 0 aromatic heterocycles. The molecule has 1 aliphatic heterocycles. The molecule has 0 aliphatic carbocycles. The third kappa shape index (κ3) is 6.33. The topological polar surface area (TPSA) is 74.0 Å². The summed E-state index contributed by atoms with van der Waals surface area (Å²) in [7, 11) is 0. The Morgan fingerprint density at radius 2 is 1.80 bits per heavy atom. The van der Waals surface area contributed by atoms with Crippen LogP contribution < -0.4 is 16.0 Å². The second-order valence-corrected chi connectivity index (χ2v) is 5.95. The van der Waals surface area contributed by atoms with E-state index in [0.717, 1.165) is 5.69 Å². The fourth-order valence-electron chi connectivity index (χ4n) is 2.35. The molecule has 138 valence electrons. The van der Waals surface area contributed by atoms with Gasteiger partial charge in [0.25, 0.3) is 0 Å². The van der Waals surface area contributed by atoms with E-state index in [-0.39, 0.29) is 5.96 Å². The molecule has 3 N–H and O–H groups in total. The van der Waals surface area contributed by atoms with Crippen molar-refractivity contribution in [3.05, 3.63) is 29.3 Å². The molecular formula is C15H19ClF3N5O.